The molecule has 0 aromatic carbocycles. The van der Waals surface area contributed by atoms with E-state index in [2.05, 4.69) is 25.7 Å². The Hall–Kier alpha value is -1.25. The molecular weight excluding hydrogens is 202 g/mol. The zero-order valence-corrected chi connectivity index (χ0v) is 10.6. The van der Waals surface area contributed by atoms with Crippen LogP contribution in [0.15, 0.2) is 23.9 Å². The molecule has 1 atom stereocenters. The molecule has 0 fully saturated rings. The normalized spacial score (nSPS) is 19.9. The molecule has 1 unspecified atom stereocenters. The zero-order chi connectivity index (χ0) is 12.1. The van der Waals surface area contributed by atoms with Crippen molar-refractivity contribution in [2.75, 3.05) is 13.2 Å². The second kappa shape index (κ2) is 5.73. The van der Waals surface area contributed by atoms with Crippen LogP contribution in [0, 0.1) is 5.92 Å². The summed E-state index contributed by atoms with van der Waals surface area (Å²) >= 11 is 0. The molecule has 90 valence electrons. The van der Waals surface area contributed by atoms with Crippen molar-refractivity contribution in [1.29, 1.82) is 0 Å². The molecule has 0 spiro atoms. The Bertz CT molecular complexity index is 305. The smallest absolute Gasteiger partial charge is 0.337 e. The van der Waals surface area contributed by atoms with Crippen LogP contribution in [0.5, 0.6) is 0 Å². The maximum atomic E-state index is 11.5. The van der Waals surface area contributed by atoms with Gasteiger partial charge in [-0.3, -0.25) is 0 Å². The van der Waals surface area contributed by atoms with Crippen molar-refractivity contribution in [2.24, 2.45) is 5.92 Å². The van der Waals surface area contributed by atoms with Crippen molar-refractivity contribution in [3.05, 3.63) is 23.9 Å². The molecule has 0 saturated heterocycles. The standard InChI is InChI=1S/C13H21NO2/c1-5-16-13(15)12-6-7-14(9-10(2)3)11(4)8-12/h6-8,10-11H,5,9H2,1-4H3. The number of carbonyl (C=O) groups is 1. The fraction of sp³-hybridized carbons (Fsp3) is 0.615. The van der Waals surface area contributed by atoms with Gasteiger partial charge in [-0.25, -0.2) is 4.79 Å². The van der Waals surface area contributed by atoms with Crippen LogP contribution in [0.4, 0.5) is 0 Å². The maximum Gasteiger partial charge on any atom is 0.337 e. The first-order valence-electron chi connectivity index (χ1n) is 5.87. The molecule has 0 aliphatic carbocycles. The Morgan fingerprint density at radius 3 is 2.75 bits per heavy atom. The lowest BCUT2D eigenvalue weighted by Gasteiger charge is -2.30. The van der Waals surface area contributed by atoms with Gasteiger partial charge in [-0.2, -0.15) is 0 Å². The first kappa shape index (κ1) is 12.8. The average Bonchev–Trinajstić information content (AvgIpc) is 2.20. The van der Waals surface area contributed by atoms with Gasteiger partial charge in [0.2, 0.25) is 0 Å². The van der Waals surface area contributed by atoms with Gasteiger partial charge in [0.1, 0.15) is 0 Å². The van der Waals surface area contributed by atoms with Gasteiger partial charge in [0.25, 0.3) is 0 Å². The summed E-state index contributed by atoms with van der Waals surface area (Å²) in [5.74, 6) is 0.388. The number of hydrogen-bond donors (Lipinski definition) is 0. The van der Waals surface area contributed by atoms with Gasteiger partial charge in [-0.1, -0.05) is 13.8 Å². The molecule has 1 aliphatic heterocycles. The van der Waals surface area contributed by atoms with Crippen molar-refractivity contribution >= 4 is 5.97 Å². The van der Waals surface area contributed by atoms with Gasteiger partial charge in [-0.15, -0.1) is 0 Å². The number of ether oxygens (including phenoxy) is 1. The van der Waals surface area contributed by atoms with Crippen LogP contribution < -0.4 is 0 Å². The summed E-state index contributed by atoms with van der Waals surface area (Å²) in [6, 6.07) is 0.256. The molecule has 0 N–H and O–H groups in total. The lowest BCUT2D eigenvalue weighted by Crippen LogP contribution is -2.32. The Kier molecular flexibility index (Phi) is 4.59. The minimum absolute atomic E-state index is 0.227. The number of esters is 1. The van der Waals surface area contributed by atoms with Crippen LogP contribution in [-0.2, 0) is 9.53 Å². The van der Waals surface area contributed by atoms with Crippen molar-refractivity contribution in [3.8, 4) is 0 Å². The second-order valence-electron chi connectivity index (χ2n) is 4.49. The molecule has 16 heavy (non-hydrogen) atoms. The molecule has 3 heteroatoms. The Morgan fingerprint density at radius 1 is 1.56 bits per heavy atom. The minimum Gasteiger partial charge on any atom is -0.462 e. The minimum atomic E-state index is -0.227. The first-order valence-corrected chi connectivity index (χ1v) is 5.87. The summed E-state index contributed by atoms with van der Waals surface area (Å²) in [5, 5.41) is 0. The van der Waals surface area contributed by atoms with Crippen LogP contribution in [0.25, 0.3) is 0 Å². The van der Waals surface area contributed by atoms with Gasteiger partial charge in [-0.05, 0) is 31.9 Å². The number of nitrogens with zero attached hydrogens (tertiary/aromatic N) is 1. The number of carbonyl (C=O) groups excluding carboxylic acids is 1. The fourth-order valence-corrected chi connectivity index (χ4v) is 1.72. The van der Waals surface area contributed by atoms with Crippen molar-refractivity contribution in [2.45, 2.75) is 33.7 Å². The van der Waals surface area contributed by atoms with E-state index in [9.17, 15) is 4.79 Å². The Morgan fingerprint density at radius 2 is 2.25 bits per heavy atom. The van der Waals surface area contributed by atoms with Crippen LogP contribution in [0.3, 0.4) is 0 Å². The molecule has 3 nitrogen and oxygen atoms in total. The van der Waals surface area contributed by atoms with Gasteiger partial charge >= 0.3 is 5.97 Å². The maximum absolute atomic E-state index is 11.5. The molecule has 0 aromatic rings. The lowest BCUT2D eigenvalue weighted by atomic mass is 10.1. The van der Waals surface area contributed by atoms with E-state index in [-0.39, 0.29) is 12.0 Å². The van der Waals surface area contributed by atoms with E-state index in [4.69, 9.17) is 4.74 Å². The van der Waals surface area contributed by atoms with E-state index in [1.165, 1.54) is 0 Å². The molecule has 0 radical (unpaired) electrons. The summed E-state index contributed by atoms with van der Waals surface area (Å²) in [7, 11) is 0. The van der Waals surface area contributed by atoms with Crippen LogP contribution >= 0.6 is 0 Å². The molecule has 0 aromatic heterocycles. The summed E-state index contributed by atoms with van der Waals surface area (Å²) in [5.41, 5.74) is 0.661. The second-order valence-corrected chi connectivity index (χ2v) is 4.49. The molecular formula is C13H21NO2. The molecule has 1 heterocycles. The van der Waals surface area contributed by atoms with Gasteiger partial charge in [0.05, 0.1) is 12.2 Å². The van der Waals surface area contributed by atoms with E-state index in [1.54, 1.807) is 0 Å². The zero-order valence-electron chi connectivity index (χ0n) is 10.6. The lowest BCUT2D eigenvalue weighted by molar-refractivity contribution is -0.138. The van der Waals surface area contributed by atoms with Gasteiger partial charge in [0.15, 0.2) is 0 Å². The highest BCUT2D eigenvalue weighted by molar-refractivity contribution is 5.91. The first-order chi connectivity index (χ1) is 7.54. The van der Waals surface area contributed by atoms with Crippen LogP contribution in [0.1, 0.15) is 27.7 Å². The summed E-state index contributed by atoms with van der Waals surface area (Å²) in [6.45, 7) is 9.71. The SMILES string of the molecule is CCOC(=O)C1=CC(C)N(CC(C)C)C=C1. The van der Waals surface area contributed by atoms with Gasteiger partial charge in [0, 0.05) is 18.8 Å². The highest BCUT2D eigenvalue weighted by atomic mass is 16.5. The largest absolute Gasteiger partial charge is 0.462 e. The molecule has 0 amide bonds. The average molecular weight is 223 g/mol. The third kappa shape index (κ3) is 3.40. The quantitative estimate of drug-likeness (QED) is 0.685. The molecule has 0 saturated carbocycles. The van der Waals surface area contributed by atoms with E-state index in [1.807, 2.05) is 25.3 Å². The van der Waals surface area contributed by atoms with Crippen molar-refractivity contribution < 1.29 is 9.53 Å². The highest BCUT2D eigenvalue weighted by Crippen LogP contribution is 2.16. The highest BCUT2D eigenvalue weighted by Gasteiger charge is 2.17. The Labute approximate surface area is 97.8 Å². The van der Waals surface area contributed by atoms with Gasteiger partial charge < -0.3 is 9.64 Å². The monoisotopic (exact) mass is 223 g/mol. The third-order valence-electron chi connectivity index (χ3n) is 2.48. The predicted molar refractivity (Wildman–Crippen MR) is 64.9 cm³/mol. The summed E-state index contributed by atoms with van der Waals surface area (Å²) in [6.07, 6.45) is 5.78. The van der Waals surface area contributed by atoms with Crippen molar-refractivity contribution in [1.82, 2.24) is 4.90 Å². The topological polar surface area (TPSA) is 29.5 Å². The van der Waals surface area contributed by atoms with E-state index >= 15 is 0 Å². The molecule has 1 aliphatic rings. The number of rotatable bonds is 4. The van der Waals surface area contributed by atoms with Crippen LogP contribution in [-0.4, -0.2) is 30.1 Å². The summed E-state index contributed by atoms with van der Waals surface area (Å²) in [4.78, 5) is 13.7. The van der Waals surface area contributed by atoms with E-state index < -0.39 is 0 Å². The third-order valence-corrected chi connectivity index (χ3v) is 2.48. The van der Waals surface area contributed by atoms with Crippen LogP contribution in [0.2, 0.25) is 0 Å². The van der Waals surface area contributed by atoms with E-state index in [0.29, 0.717) is 18.1 Å². The molecule has 0 bridgehead atoms. The summed E-state index contributed by atoms with van der Waals surface area (Å²) < 4.78 is 4.97. The fourth-order valence-electron chi connectivity index (χ4n) is 1.72. The Balaban J connectivity index is 2.62. The van der Waals surface area contributed by atoms with E-state index in [0.717, 1.165) is 6.54 Å². The molecule has 1 rings (SSSR count). The van der Waals surface area contributed by atoms with Crippen molar-refractivity contribution in [3.63, 3.8) is 0 Å². The number of hydrogen-bond acceptors (Lipinski definition) is 3. The predicted octanol–water partition coefficient (Wildman–Crippen LogP) is 2.35.